The number of furan rings is 1. The van der Waals surface area contributed by atoms with Gasteiger partial charge in [-0.25, -0.2) is 0 Å². The Morgan fingerprint density at radius 2 is 2.24 bits per heavy atom. The van der Waals surface area contributed by atoms with Crippen LogP contribution in [0.1, 0.15) is 17.9 Å². The van der Waals surface area contributed by atoms with Gasteiger partial charge in [0.2, 0.25) is 0 Å². The Hall–Kier alpha value is -1.26. The summed E-state index contributed by atoms with van der Waals surface area (Å²) in [5, 5.41) is 3.51. The minimum atomic E-state index is 0.708. The summed E-state index contributed by atoms with van der Waals surface area (Å²) in [4.78, 5) is 2.47. The van der Waals surface area contributed by atoms with Gasteiger partial charge >= 0.3 is 0 Å². The van der Waals surface area contributed by atoms with E-state index in [0.29, 0.717) is 5.92 Å². The van der Waals surface area contributed by atoms with Crippen molar-refractivity contribution < 1.29 is 4.42 Å². The van der Waals surface area contributed by atoms with Crippen LogP contribution in [0.2, 0.25) is 0 Å². The van der Waals surface area contributed by atoms with E-state index in [1.165, 1.54) is 12.1 Å². The van der Waals surface area contributed by atoms with Gasteiger partial charge in [0.1, 0.15) is 11.5 Å². The first-order valence-corrected chi connectivity index (χ1v) is 8.26. The summed E-state index contributed by atoms with van der Waals surface area (Å²) >= 11 is 3.54. The molecule has 3 nitrogen and oxygen atoms in total. The van der Waals surface area contributed by atoms with Crippen molar-refractivity contribution in [3.05, 3.63) is 52.4 Å². The van der Waals surface area contributed by atoms with E-state index in [1.54, 1.807) is 0 Å². The van der Waals surface area contributed by atoms with Gasteiger partial charge < -0.3 is 14.6 Å². The Bertz CT molecular complexity index is 596. The van der Waals surface area contributed by atoms with Crippen molar-refractivity contribution in [2.45, 2.75) is 19.9 Å². The smallest absolute Gasteiger partial charge is 0.117 e. The van der Waals surface area contributed by atoms with E-state index in [0.717, 1.165) is 42.2 Å². The zero-order valence-corrected chi connectivity index (χ0v) is 13.9. The van der Waals surface area contributed by atoms with Gasteiger partial charge in [-0.3, -0.25) is 0 Å². The minimum absolute atomic E-state index is 0.708. The summed E-state index contributed by atoms with van der Waals surface area (Å²) in [5.74, 6) is 2.71. The third kappa shape index (κ3) is 3.89. The van der Waals surface area contributed by atoms with E-state index < -0.39 is 0 Å². The molecule has 21 heavy (non-hydrogen) atoms. The lowest BCUT2D eigenvalue weighted by Crippen LogP contribution is -2.26. The average molecular weight is 349 g/mol. The number of rotatable bonds is 5. The second-order valence-electron chi connectivity index (χ2n) is 5.72. The zero-order chi connectivity index (χ0) is 14.7. The maximum Gasteiger partial charge on any atom is 0.117 e. The molecule has 0 amide bonds. The lowest BCUT2D eigenvalue weighted by molar-refractivity contribution is 0.441. The van der Waals surface area contributed by atoms with E-state index in [2.05, 4.69) is 50.4 Å². The van der Waals surface area contributed by atoms with Crippen LogP contribution in [0.15, 0.2) is 45.3 Å². The first kappa shape index (κ1) is 14.7. The van der Waals surface area contributed by atoms with Crippen molar-refractivity contribution in [2.24, 2.45) is 5.92 Å². The Labute approximate surface area is 134 Å². The van der Waals surface area contributed by atoms with Crippen LogP contribution in [0.25, 0.3) is 0 Å². The fraction of sp³-hybridized carbons (Fsp3) is 0.412. The average Bonchev–Trinajstić information content (AvgIpc) is 3.08. The molecule has 0 spiro atoms. The second-order valence-corrected chi connectivity index (χ2v) is 6.64. The maximum atomic E-state index is 5.57. The molecule has 1 N–H and O–H groups in total. The molecule has 1 aliphatic heterocycles. The molecular formula is C17H21BrN2O. The number of hydrogen-bond acceptors (Lipinski definition) is 3. The van der Waals surface area contributed by atoms with Crippen molar-refractivity contribution in [1.82, 2.24) is 5.32 Å². The molecule has 3 rings (SSSR count). The number of aryl methyl sites for hydroxylation is 1. The van der Waals surface area contributed by atoms with Crippen LogP contribution in [0.5, 0.6) is 0 Å². The summed E-state index contributed by atoms with van der Waals surface area (Å²) in [5.41, 5.74) is 1.31. The summed E-state index contributed by atoms with van der Waals surface area (Å²) in [6.07, 6.45) is 1.25. The van der Waals surface area contributed by atoms with Crippen LogP contribution in [-0.4, -0.2) is 19.6 Å². The highest BCUT2D eigenvalue weighted by Gasteiger charge is 2.22. The molecule has 0 aliphatic carbocycles. The summed E-state index contributed by atoms with van der Waals surface area (Å²) in [7, 11) is 0. The molecule has 2 aromatic rings. The van der Waals surface area contributed by atoms with E-state index in [4.69, 9.17) is 4.42 Å². The Balaban J connectivity index is 1.46. The minimum Gasteiger partial charge on any atom is -0.465 e. The molecule has 0 bridgehead atoms. The molecule has 1 atom stereocenters. The summed E-state index contributed by atoms with van der Waals surface area (Å²) in [6.45, 7) is 6.12. The van der Waals surface area contributed by atoms with Crippen LogP contribution in [0.3, 0.4) is 0 Å². The number of anilines is 1. The molecule has 1 aromatic carbocycles. The summed E-state index contributed by atoms with van der Waals surface area (Å²) < 4.78 is 6.72. The van der Waals surface area contributed by atoms with Crippen LogP contribution in [0, 0.1) is 12.8 Å². The molecule has 1 aliphatic rings. The predicted molar refractivity (Wildman–Crippen MR) is 89.6 cm³/mol. The van der Waals surface area contributed by atoms with E-state index in [-0.39, 0.29) is 0 Å². The highest BCUT2D eigenvalue weighted by molar-refractivity contribution is 9.10. The fourth-order valence-electron chi connectivity index (χ4n) is 2.89. The number of nitrogens with one attached hydrogen (secondary N) is 1. The highest BCUT2D eigenvalue weighted by Crippen LogP contribution is 2.25. The normalized spacial score (nSPS) is 18.4. The van der Waals surface area contributed by atoms with Gasteiger partial charge in [-0.2, -0.15) is 0 Å². The molecule has 2 heterocycles. The molecule has 1 aromatic heterocycles. The lowest BCUT2D eigenvalue weighted by Gasteiger charge is -2.19. The zero-order valence-electron chi connectivity index (χ0n) is 12.3. The first-order chi connectivity index (χ1) is 10.2. The molecule has 1 saturated heterocycles. The van der Waals surface area contributed by atoms with Crippen molar-refractivity contribution in [3.8, 4) is 0 Å². The molecule has 112 valence electrons. The van der Waals surface area contributed by atoms with Gasteiger partial charge in [0.25, 0.3) is 0 Å². The van der Waals surface area contributed by atoms with Gasteiger partial charge in [-0.1, -0.05) is 22.0 Å². The third-order valence-electron chi connectivity index (χ3n) is 3.99. The van der Waals surface area contributed by atoms with Crippen LogP contribution in [-0.2, 0) is 6.54 Å². The van der Waals surface area contributed by atoms with E-state index >= 15 is 0 Å². The van der Waals surface area contributed by atoms with E-state index in [1.807, 2.05) is 19.1 Å². The Kier molecular flexibility index (Phi) is 4.66. The van der Waals surface area contributed by atoms with Crippen LogP contribution in [0.4, 0.5) is 5.69 Å². The van der Waals surface area contributed by atoms with Gasteiger partial charge in [0.05, 0.1) is 6.54 Å². The quantitative estimate of drug-likeness (QED) is 0.886. The predicted octanol–water partition coefficient (Wildman–Crippen LogP) is 3.97. The molecular weight excluding hydrogens is 328 g/mol. The fourth-order valence-corrected chi connectivity index (χ4v) is 3.27. The molecule has 1 unspecified atom stereocenters. The molecule has 0 radical (unpaired) electrons. The maximum absolute atomic E-state index is 5.57. The van der Waals surface area contributed by atoms with Gasteiger partial charge in [0, 0.05) is 29.8 Å². The number of benzene rings is 1. The second kappa shape index (κ2) is 6.67. The third-order valence-corrected chi connectivity index (χ3v) is 4.48. The largest absolute Gasteiger partial charge is 0.465 e. The van der Waals surface area contributed by atoms with Gasteiger partial charge in [0.15, 0.2) is 0 Å². The summed E-state index contributed by atoms with van der Waals surface area (Å²) in [6, 6.07) is 12.6. The topological polar surface area (TPSA) is 28.4 Å². The Morgan fingerprint density at radius 1 is 1.33 bits per heavy atom. The standard InChI is InChI=1S/C17H21BrN2O/c1-13-5-6-17(21-13)11-19-10-14-7-8-20(12-14)16-4-2-3-15(18)9-16/h2-6,9,14,19H,7-8,10-12H2,1H3. The molecule has 0 saturated carbocycles. The van der Waals surface area contributed by atoms with Gasteiger partial charge in [-0.05, 0) is 49.6 Å². The highest BCUT2D eigenvalue weighted by atomic mass is 79.9. The number of hydrogen-bond donors (Lipinski definition) is 1. The van der Waals surface area contributed by atoms with Gasteiger partial charge in [-0.15, -0.1) is 0 Å². The first-order valence-electron chi connectivity index (χ1n) is 7.47. The van der Waals surface area contributed by atoms with Crippen LogP contribution >= 0.6 is 15.9 Å². The van der Waals surface area contributed by atoms with Crippen molar-refractivity contribution >= 4 is 21.6 Å². The molecule has 1 fully saturated rings. The van der Waals surface area contributed by atoms with Crippen molar-refractivity contribution in [1.29, 1.82) is 0 Å². The van der Waals surface area contributed by atoms with Crippen LogP contribution < -0.4 is 10.2 Å². The van der Waals surface area contributed by atoms with Crippen molar-refractivity contribution in [2.75, 3.05) is 24.5 Å². The lowest BCUT2D eigenvalue weighted by atomic mass is 10.1. The SMILES string of the molecule is Cc1ccc(CNCC2CCN(c3cccc(Br)c3)C2)o1. The Morgan fingerprint density at radius 3 is 3.00 bits per heavy atom. The number of nitrogens with zero attached hydrogens (tertiary/aromatic N) is 1. The monoisotopic (exact) mass is 348 g/mol. The number of halogens is 1. The molecule has 4 heteroatoms. The van der Waals surface area contributed by atoms with E-state index in [9.17, 15) is 0 Å². The van der Waals surface area contributed by atoms with Crippen molar-refractivity contribution in [3.63, 3.8) is 0 Å².